The summed E-state index contributed by atoms with van der Waals surface area (Å²) >= 11 is 0. The van der Waals surface area contributed by atoms with Crippen LogP contribution in [0.1, 0.15) is 23.2 Å². The van der Waals surface area contributed by atoms with Gasteiger partial charge in [0.05, 0.1) is 0 Å². The van der Waals surface area contributed by atoms with E-state index in [1.807, 2.05) is 0 Å². The highest BCUT2D eigenvalue weighted by atomic mass is 19.2. The first-order chi connectivity index (χ1) is 9.88. The molecule has 0 N–H and O–H groups in total. The highest BCUT2D eigenvalue weighted by molar-refractivity contribution is 5.94. The molecular formula is C15H19F3N2O. The van der Waals surface area contributed by atoms with E-state index in [2.05, 4.69) is 11.9 Å². The Labute approximate surface area is 122 Å². The summed E-state index contributed by atoms with van der Waals surface area (Å²) in [7, 11) is 3.65. The van der Waals surface area contributed by atoms with E-state index in [0.29, 0.717) is 12.5 Å². The predicted octanol–water partition coefficient (Wildman–Crippen LogP) is 2.52. The maximum absolute atomic E-state index is 13.2. The highest BCUT2D eigenvalue weighted by Gasteiger charge is 2.22. The Balaban J connectivity index is 2.02. The second kappa shape index (κ2) is 6.47. The van der Waals surface area contributed by atoms with Crippen molar-refractivity contribution in [2.75, 3.05) is 33.7 Å². The molecular weight excluding hydrogens is 281 g/mol. The standard InChI is InChI=1S/C15H19F3N2O/c1-19-5-3-10(4-6-19)9-20(2)15(21)11-7-12(16)14(18)13(17)8-11/h7-8,10H,3-6,9H2,1-2H3. The summed E-state index contributed by atoms with van der Waals surface area (Å²) in [5.74, 6) is -4.35. The van der Waals surface area contributed by atoms with E-state index in [-0.39, 0.29) is 5.56 Å². The Hall–Kier alpha value is -1.56. The van der Waals surface area contributed by atoms with E-state index >= 15 is 0 Å². The minimum atomic E-state index is -1.55. The molecule has 1 heterocycles. The van der Waals surface area contributed by atoms with E-state index in [9.17, 15) is 18.0 Å². The SMILES string of the molecule is CN1CCC(CN(C)C(=O)c2cc(F)c(F)c(F)c2)CC1. The van der Waals surface area contributed by atoms with Gasteiger partial charge in [0, 0.05) is 19.2 Å². The van der Waals surface area contributed by atoms with E-state index in [1.165, 1.54) is 4.90 Å². The van der Waals surface area contributed by atoms with Crippen LogP contribution in [0.3, 0.4) is 0 Å². The fourth-order valence-corrected chi connectivity index (χ4v) is 2.61. The second-order valence-corrected chi connectivity index (χ2v) is 5.69. The molecule has 0 saturated carbocycles. The molecule has 1 aliphatic rings. The van der Waals surface area contributed by atoms with Gasteiger partial charge in [-0.05, 0) is 51.0 Å². The van der Waals surface area contributed by atoms with Crippen LogP contribution in [0.4, 0.5) is 13.2 Å². The van der Waals surface area contributed by atoms with E-state index in [4.69, 9.17) is 0 Å². The van der Waals surface area contributed by atoms with Crippen LogP contribution in [0.25, 0.3) is 0 Å². The van der Waals surface area contributed by atoms with Gasteiger partial charge in [0.25, 0.3) is 5.91 Å². The number of carbonyl (C=O) groups excluding carboxylic acids is 1. The lowest BCUT2D eigenvalue weighted by molar-refractivity contribution is 0.0746. The van der Waals surface area contributed by atoms with Crippen molar-refractivity contribution < 1.29 is 18.0 Å². The molecule has 1 aromatic rings. The summed E-state index contributed by atoms with van der Waals surface area (Å²) in [6, 6.07) is 1.48. The summed E-state index contributed by atoms with van der Waals surface area (Å²) < 4.78 is 39.3. The van der Waals surface area contributed by atoms with Crippen molar-refractivity contribution in [2.45, 2.75) is 12.8 Å². The zero-order valence-corrected chi connectivity index (χ0v) is 12.2. The summed E-state index contributed by atoms with van der Waals surface area (Å²) in [5, 5.41) is 0. The molecule has 0 aromatic heterocycles. The third-order valence-electron chi connectivity index (χ3n) is 3.95. The van der Waals surface area contributed by atoms with Crippen molar-refractivity contribution >= 4 is 5.91 Å². The average Bonchev–Trinajstić information content (AvgIpc) is 2.45. The van der Waals surface area contributed by atoms with Crippen LogP contribution >= 0.6 is 0 Å². The van der Waals surface area contributed by atoms with Crippen LogP contribution in [0, 0.1) is 23.4 Å². The minimum absolute atomic E-state index is 0.165. The lowest BCUT2D eigenvalue weighted by Gasteiger charge is -2.31. The molecule has 116 valence electrons. The summed E-state index contributed by atoms with van der Waals surface area (Å²) in [6.45, 7) is 2.49. The zero-order chi connectivity index (χ0) is 15.6. The van der Waals surface area contributed by atoms with Gasteiger partial charge in [0.1, 0.15) is 0 Å². The lowest BCUT2D eigenvalue weighted by atomic mass is 9.96. The van der Waals surface area contributed by atoms with Gasteiger partial charge < -0.3 is 9.80 Å². The molecule has 0 bridgehead atoms. The number of benzene rings is 1. The third kappa shape index (κ3) is 3.75. The zero-order valence-electron chi connectivity index (χ0n) is 12.2. The van der Waals surface area contributed by atoms with Gasteiger partial charge in [-0.25, -0.2) is 13.2 Å². The molecule has 21 heavy (non-hydrogen) atoms. The number of halogens is 3. The van der Waals surface area contributed by atoms with Gasteiger partial charge in [0.2, 0.25) is 0 Å². The Kier molecular flexibility index (Phi) is 4.88. The van der Waals surface area contributed by atoms with E-state index in [1.54, 1.807) is 7.05 Å². The largest absolute Gasteiger partial charge is 0.341 e. The van der Waals surface area contributed by atoms with Crippen LogP contribution < -0.4 is 0 Å². The Morgan fingerprint density at radius 2 is 1.76 bits per heavy atom. The molecule has 0 atom stereocenters. The average molecular weight is 300 g/mol. The van der Waals surface area contributed by atoms with Gasteiger partial charge in [-0.1, -0.05) is 0 Å². The second-order valence-electron chi connectivity index (χ2n) is 5.69. The monoisotopic (exact) mass is 300 g/mol. The molecule has 1 amide bonds. The van der Waals surface area contributed by atoms with E-state index in [0.717, 1.165) is 38.1 Å². The number of carbonyl (C=O) groups is 1. The number of amides is 1. The molecule has 0 unspecified atom stereocenters. The van der Waals surface area contributed by atoms with Gasteiger partial charge in [0.15, 0.2) is 17.5 Å². The van der Waals surface area contributed by atoms with Crippen LogP contribution in [0.2, 0.25) is 0 Å². The maximum Gasteiger partial charge on any atom is 0.253 e. The van der Waals surface area contributed by atoms with E-state index < -0.39 is 23.4 Å². The Morgan fingerprint density at radius 1 is 1.24 bits per heavy atom. The number of piperidine rings is 1. The van der Waals surface area contributed by atoms with Crippen LogP contribution in [0.5, 0.6) is 0 Å². The van der Waals surface area contributed by atoms with Crippen LogP contribution in [-0.4, -0.2) is 49.4 Å². The fourth-order valence-electron chi connectivity index (χ4n) is 2.61. The van der Waals surface area contributed by atoms with Gasteiger partial charge >= 0.3 is 0 Å². The van der Waals surface area contributed by atoms with Gasteiger partial charge in [-0.2, -0.15) is 0 Å². The molecule has 0 aliphatic carbocycles. The smallest absolute Gasteiger partial charge is 0.253 e. The van der Waals surface area contributed by atoms with Crippen LogP contribution in [-0.2, 0) is 0 Å². The Morgan fingerprint density at radius 3 is 2.29 bits per heavy atom. The molecule has 0 radical (unpaired) electrons. The topological polar surface area (TPSA) is 23.6 Å². The molecule has 3 nitrogen and oxygen atoms in total. The number of likely N-dealkylation sites (tertiary alicyclic amines) is 1. The number of hydrogen-bond donors (Lipinski definition) is 0. The lowest BCUT2D eigenvalue weighted by Crippen LogP contribution is -2.38. The van der Waals surface area contributed by atoms with Crippen molar-refractivity contribution in [3.63, 3.8) is 0 Å². The molecule has 1 fully saturated rings. The first kappa shape index (κ1) is 15.8. The quantitative estimate of drug-likeness (QED) is 0.801. The maximum atomic E-state index is 13.2. The number of nitrogens with zero attached hydrogens (tertiary/aromatic N) is 2. The van der Waals surface area contributed by atoms with Crippen molar-refractivity contribution in [3.8, 4) is 0 Å². The third-order valence-corrected chi connectivity index (χ3v) is 3.95. The summed E-state index contributed by atoms with van der Waals surface area (Å²) in [5.41, 5.74) is -0.165. The predicted molar refractivity (Wildman–Crippen MR) is 73.5 cm³/mol. The number of rotatable bonds is 3. The highest BCUT2D eigenvalue weighted by Crippen LogP contribution is 2.19. The van der Waals surface area contributed by atoms with Crippen molar-refractivity contribution in [3.05, 3.63) is 35.1 Å². The molecule has 1 aliphatic heterocycles. The first-order valence-corrected chi connectivity index (χ1v) is 6.97. The minimum Gasteiger partial charge on any atom is -0.341 e. The fraction of sp³-hybridized carbons (Fsp3) is 0.533. The molecule has 0 spiro atoms. The first-order valence-electron chi connectivity index (χ1n) is 6.97. The molecule has 2 rings (SSSR count). The van der Waals surface area contributed by atoms with Crippen molar-refractivity contribution in [1.29, 1.82) is 0 Å². The van der Waals surface area contributed by atoms with Crippen molar-refractivity contribution in [1.82, 2.24) is 9.80 Å². The number of hydrogen-bond acceptors (Lipinski definition) is 2. The van der Waals surface area contributed by atoms with Crippen LogP contribution in [0.15, 0.2) is 12.1 Å². The Bertz CT molecular complexity index is 505. The normalized spacial score (nSPS) is 17.0. The van der Waals surface area contributed by atoms with Gasteiger partial charge in [-0.3, -0.25) is 4.79 Å². The molecule has 6 heteroatoms. The molecule has 1 aromatic carbocycles. The van der Waals surface area contributed by atoms with Crippen molar-refractivity contribution in [2.24, 2.45) is 5.92 Å². The summed E-state index contributed by atoms with van der Waals surface area (Å²) in [6.07, 6.45) is 1.97. The molecule has 1 saturated heterocycles. The van der Waals surface area contributed by atoms with Gasteiger partial charge in [-0.15, -0.1) is 0 Å². The summed E-state index contributed by atoms with van der Waals surface area (Å²) in [4.78, 5) is 15.8.